The van der Waals surface area contributed by atoms with Crippen molar-refractivity contribution in [2.45, 2.75) is 0 Å². The van der Waals surface area contributed by atoms with Crippen molar-refractivity contribution in [2.75, 3.05) is 11.9 Å². The van der Waals surface area contributed by atoms with Gasteiger partial charge >= 0.3 is 0 Å². The number of hydrogen-bond donors (Lipinski definition) is 2. The fourth-order valence-corrected chi connectivity index (χ4v) is 1.48. The standard InChI is InChI=1S/C14H12N4O/c15-7-3-5-11-4-1-2-6-12(11)14(19)18-13-10-16-8-9-17-13/h1-2,4,6,8-10H,7,15H2,(H,17,18,19). The summed E-state index contributed by atoms with van der Waals surface area (Å²) >= 11 is 0. The molecule has 5 nitrogen and oxygen atoms in total. The Bertz CT molecular complexity index is 629. The number of nitrogens with two attached hydrogens (primary N) is 1. The van der Waals surface area contributed by atoms with Gasteiger partial charge in [0.1, 0.15) is 0 Å². The van der Waals surface area contributed by atoms with Crippen molar-refractivity contribution in [3.63, 3.8) is 0 Å². The maximum Gasteiger partial charge on any atom is 0.258 e. The van der Waals surface area contributed by atoms with E-state index in [2.05, 4.69) is 27.1 Å². The summed E-state index contributed by atoms with van der Waals surface area (Å²) in [5.74, 6) is 5.72. The molecule has 0 spiro atoms. The van der Waals surface area contributed by atoms with Gasteiger partial charge in [-0.1, -0.05) is 24.0 Å². The van der Waals surface area contributed by atoms with Crippen LogP contribution in [-0.4, -0.2) is 22.4 Å². The largest absolute Gasteiger partial charge is 0.320 e. The molecule has 0 aliphatic carbocycles. The van der Waals surface area contributed by atoms with Crippen LogP contribution in [-0.2, 0) is 0 Å². The molecule has 0 fully saturated rings. The normalized spacial score (nSPS) is 9.32. The van der Waals surface area contributed by atoms with Gasteiger partial charge in [0.15, 0.2) is 5.82 Å². The number of benzene rings is 1. The zero-order valence-electron chi connectivity index (χ0n) is 10.1. The summed E-state index contributed by atoms with van der Waals surface area (Å²) in [5, 5.41) is 2.66. The predicted molar refractivity (Wildman–Crippen MR) is 72.4 cm³/mol. The third kappa shape index (κ3) is 3.37. The highest BCUT2D eigenvalue weighted by Crippen LogP contribution is 2.10. The second-order valence-electron chi connectivity index (χ2n) is 3.60. The number of aromatic nitrogens is 2. The van der Waals surface area contributed by atoms with Gasteiger partial charge in [0.05, 0.1) is 18.3 Å². The van der Waals surface area contributed by atoms with Crippen molar-refractivity contribution >= 4 is 11.7 Å². The van der Waals surface area contributed by atoms with Gasteiger partial charge in [-0.05, 0) is 12.1 Å². The molecule has 0 aliphatic rings. The van der Waals surface area contributed by atoms with Crippen LogP contribution in [0.2, 0.25) is 0 Å². The molecule has 3 N–H and O–H groups in total. The SMILES string of the molecule is NCC#Cc1ccccc1C(=O)Nc1cnccn1. The molecular formula is C14H12N4O. The first kappa shape index (κ1) is 12.7. The predicted octanol–water partition coefficient (Wildman–Crippen LogP) is 1.04. The van der Waals surface area contributed by atoms with E-state index in [0.717, 1.165) is 0 Å². The molecule has 2 rings (SSSR count). The van der Waals surface area contributed by atoms with E-state index in [4.69, 9.17) is 5.73 Å². The first-order chi connectivity index (χ1) is 9.31. The third-order valence-corrected chi connectivity index (χ3v) is 2.30. The lowest BCUT2D eigenvalue weighted by Gasteiger charge is -2.05. The third-order valence-electron chi connectivity index (χ3n) is 2.30. The van der Waals surface area contributed by atoms with E-state index in [1.54, 1.807) is 18.2 Å². The van der Waals surface area contributed by atoms with Crippen LogP contribution in [0, 0.1) is 11.8 Å². The van der Waals surface area contributed by atoms with Crippen LogP contribution < -0.4 is 11.1 Å². The van der Waals surface area contributed by atoms with Gasteiger partial charge in [0.25, 0.3) is 5.91 Å². The maximum atomic E-state index is 12.1. The zero-order chi connectivity index (χ0) is 13.5. The van der Waals surface area contributed by atoms with E-state index in [-0.39, 0.29) is 12.5 Å². The van der Waals surface area contributed by atoms with Gasteiger partial charge in [0.2, 0.25) is 0 Å². The summed E-state index contributed by atoms with van der Waals surface area (Å²) in [7, 11) is 0. The molecule has 1 aromatic heterocycles. The average molecular weight is 252 g/mol. The Morgan fingerprint density at radius 2 is 2.16 bits per heavy atom. The summed E-state index contributed by atoms with van der Waals surface area (Å²) in [6.07, 6.45) is 4.53. The Morgan fingerprint density at radius 1 is 1.32 bits per heavy atom. The summed E-state index contributed by atoms with van der Waals surface area (Å²) in [4.78, 5) is 20.0. The number of amides is 1. The lowest BCUT2D eigenvalue weighted by Crippen LogP contribution is -2.14. The number of rotatable bonds is 2. The smallest absolute Gasteiger partial charge is 0.258 e. The number of anilines is 1. The molecule has 0 aliphatic heterocycles. The Labute approximate surface area is 110 Å². The van der Waals surface area contributed by atoms with E-state index in [1.807, 2.05) is 6.07 Å². The van der Waals surface area contributed by atoms with Crippen LogP contribution in [0.15, 0.2) is 42.9 Å². The molecule has 0 unspecified atom stereocenters. The molecule has 0 saturated heterocycles. The van der Waals surface area contributed by atoms with Gasteiger partial charge in [0, 0.05) is 18.0 Å². The van der Waals surface area contributed by atoms with E-state index < -0.39 is 0 Å². The highest BCUT2D eigenvalue weighted by Gasteiger charge is 2.10. The van der Waals surface area contributed by atoms with E-state index in [1.165, 1.54) is 18.6 Å². The van der Waals surface area contributed by atoms with Gasteiger partial charge in [-0.25, -0.2) is 4.98 Å². The van der Waals surface area contributed by atoms with Gasteiger partial charge in [-0.15, -0.1) is 0 Å². The van der Waals surface area contributed by atoms with Gasteiger partial charge < -0.3 is 11.1 Å². The molecule has 0 bridgehead atoms. The monoisotopic (exact) mass is 252 g/mol. The van der Waals surface area contributed by atoms with E-state index >= 15 is 0 Å². The molecule has 19 heavy (non-hydrogen) atoms. The van der Waals surface area contributed by atoms with Crippen molar-refractivity contribution in [3.05, 3.63) is 54.0 Å². The second kappa shape index (κ2) is 6.28. The highest BCUT2D eigenvalue weighted by molar-refractivity contribution is 6.05. The molecule has 94 valence electrons. The van der Waals surface area contributed by atoms with Crippen molar-refractivity contribution in [1.82, 2.24) is 9.97 Å². The molecule has 1 aromatic carbocycles. The molecule has 1 amide bonds. The molecule has 1 heterocycles. The minimum Gasteiger partial charge on any atom is -0.320 e. The lowest BCUT2D eigenvalue weighted by atomic mass is 10.1. The Kier molecular flexibility index (Phi) is 4.21. The molecule has 0 radical (unpaired) electrons. The van der Waals surface area contributed by atoms with Crippen LogP contribution in [0.3, 0.4) is 0 Å². The summed E-state index contributed by atoms with van der Waals surface area (Å²) in [6, 6.07) is 7.07. The topological polar surface area (TPSA) is 80.9 Å². The molecule has 0 saturated carbocycles. The van der Waals surface area contributed by atoms with E-state index in [9.17, 15) is 4.79 Å². The van der Waals surface area contributed by atoms with Crippen LogP contribution in [0.5, 0.6) is 0 Å². The van der Waals surface area contributed by atoms with Crippen molar-refractivity contribution in [1.29, 1.82) is 0 Å². The summed E-state index contributed by atoms with van der Waals surface area (Å²) < 4.78 is 0. The fourth-order valence-electron chi connectivity index (χ4n) is 1.48. The average Bonchev–Trinajstić information content (AvgIpc) is 2.46. The van der Waals surface area contributed by atoms with Crippen molar-refractivity contribution < 1.29 is 4.79 Å². The number of hydrogen-bond acceptors (Lipinski definition) is 4. The molecule has 2 aromatic rings. The Morgan fingerprint density at radius 3 is 2.89 bits per heavy atom. The molecule has 5 heteroatoms. The molecule has 0 atom stereocenters. The van der Waals surface area contributed by atoms with E-state index in [0.29, 0.717) is 16.9 Å². The van der Waals surface area contributed by atoms with Crippen molar-refractivity contribution in [2.24, 2.45) is 5.73 Å². The van der Waals surface area contributed by atoms with Crippen LogP contribution in [0.25, 0.3) is 0 Å². The van der Waals surface area contributed by atoms with Gasteiger partial charge in [-0.2, -0.15) is 0 Å². The Hall–Kier alpha value is -2.71. The number of carbonyl (C=O) groups excluding carboxylic acids is 1. The van der Waals surface area contributed by atoms with Crippen LogP contribution >= 0.6 is 0 Å². The summed E-state index contributed by atoms with van der Waals surface area (Å²) in [6.45, 7) is 0.250. The van der Waals surface area contributed by atoms with Gasteiger partial charge in [-0.3, -0.25) is 9.78 Å². The highest BCUT2D eigenvalue weighted by atomic mass is 16.1. The van der Waals surface area contributed by atoms with Crippen molar-refractivity contribution in [3.8, 4) is 11.8 Å². The minimum absolute atomic E-state index is 0.250. The quantitative estimate of drug-likeness (QED) is 0.782. The lowest BCUT2D eigenvalue weighted by molar-refractivity contribution is 0.102. The minimum atomic E-state index is -0.276. The molecular weight excluding hydrogens is 240 g/mol. The Balaban J connectivity index is 2.24. The number of nitrogens with one attached hydrogen (secondary N) is 1. The van der Waals surface area contributed by atoms with Crippen LogP contribution in [0.1, 0.15) is 15.9 Å². The maximum absolute atomic E-state index is 12.1. The summed E-state index contributed by atoms with van der Waals surface area (Å²) in [5.41, 5.74) is 6.45. The second-order valence-corrected chi connectivity index (χ2v) is 3.60. The number of nitrogens with zero attached hydrogens (tertiary/aromatic N) is 2. The number of carbonyl (C=O) groups is 1. The zero-order valence-corrected chi connectivity index (χ0v) is 10.1. The van der Waals surface area contributed by atoms with Crippen LogP contribution in [0.4, 0.5) is 5.82 Å². The first-order valence-electron chi connectivity index (χ1n) is 5.66. The first-order valence-corrected chi connectivity index (χ1v) is 5.66. The fraction of sp³-hybridized carbons (Fsp3) is 0.0714.